The summed E-state index contributed by atoms with van der Waals surface area (Å²) in [5.74, 6) is -2.19. The Kier molecular flexibility index (Phi) is 10.9. The van der Waals surface area contributed by atoms with Crippen LogP contribution in [0.5, 0.6) is 5.88 Å². The molecule has 4 rings (SSSR count). The van der Waals surface area contributed by atoms with Crippen LogP contribution in [0.25, 0.3) is 0 Å². The number of rotatable bonds is 13. The fourth-order valence-corrected chi connectivity index (χ4v) is 6.17. The molecule has 1 saturated heterocycles. The number of nitrogens with zero attached hydrogens (tertiary/aromatic N) is 3. The fourth-order valence-electron chi connectivity index (χ4n) is 5.17. The second-order valence-electron chi connectivity index (χ2n) is 12.7. The van der Waals surface area contributed by atoms with Crippen LogP contribution in [0.4, 0.5) is 5.13 Å². The summed E-state index contributed by atoms with van der Waals surface area (Å²) >= 11 is 7.14. The van der Waals surface area contributed by atoms with Crippen molar-refractivity contribution in [2.75, 3.05) is 11.9 Å². The Balaban J connectivity index is 1.60. The number of Topliss-reactive ketones (excluding diaryl/α,β-unsaturated/α-hetero) is 2. The molecule has 0 bridgehead atoms. The summed E-state index contributed by atoms with van der Waals surface area (Å²) in [7, 11) is 0. The highest BCUT2D eigenvalue weighted by Crippen LogP contribution is 2.32. The van der Waals surface area contributed by atoms with E-state index in [0.29, 0.717) is 27.1 Å². The summed E-state index contributed by atoms with van der Waals surface area (Å²) < 4.78 is 6.07. The van der Waals surface area contributed by atoms with Gasteiger partial charge in [0.15, 0.2) is 10.9 Å². The predicted octanol–water partition coefficient (Wildman–Crippen LogP) is 3.71. The fraction of sp³-hybridized carbons (Fsp3) is 0.581. The SMILES string of the molecule is CCCC(NC(=O)[C@@H]1C[C@H](Oc2ccc(Cl)cn2)CN1C(=O)[C@@H](Nc1nc(C)c(C(C)=O)s1)C(C)(C)C)C(=O)C(=O)NC1CC1. The number of carbonyl (C=O) groups excluding carboxylic acids is 5. The van der Waals surface area contributed by atoms with E-state index in [9.17, 15) is 24.0 Å². The van der Waals surface area contributed by atoms with Gasteiger partial charge < -0.3 is 25.6 Å². The van der Waals surface area contributed by atoms with Crippen molar-refractivity contribution in [3.8, 4) is 5.88 Å². The molecule has 1 aliphatic carbocycles. The number of hydrogen-bond donors (Lipinski definition) is 3. The van der Waals surface area contributed by atoms with Crippen LogP contribution >= 0.6 is 22.9 Å². The van der Waals surface area contributed by atoms with E-state index in [1.54, 1.807) is 19.1 Å². The Morgan fingerprint density at radius 2 is 1.89 bits per heavy atom. The van der Waals surface area contributed by atoms with Crippen LogP contribution in [-0.4, -0.2) is 81.0 Å². The molecule has 1 unspecified atom stereocenters. The van der Waals surface area contributed by atoms with Gasteiger partial charge in [-0.05, 0) is 37.7 Å². The number of halogens is 1. The summed E-state index contributed by atoms with van der Waals surface area (Å²) in [5.41, 5.74) is -0.0679. The van der Waals surface area contributed by atoms with Crippen molar-refractivity contribution < 1.29 is 28.7 Å². The number of ketones is 2. The minimum absolute atomic E-state index is 0.00302. The second-order valence-corrected chi connectivity index (χ2v) is 14.1. The topological polar surface area (TPSA) is 160 Å². The van der Waals surface area contributed by atoms with Gasteiger partial charge in [-0.3, -0.25) is 24.0 Å². The van der Waals surface area contributed by atoms with Crippen LogP contribution in [-0.2, 0) is 19.2 Å². The first kappa shape index (κ1) is 34.3. The maximum Gasteiger partial charge on any atom is 0.289 e. The third-order valence-corrected chi connectivity index (χ3v) is 9.09. The third kappa shape index (κ3) is 8.78. The van der Waals surface area contributed by atoms with Gasteiger partial charge in [-0.2, -0.15) is 0 Å². The van der Waals surface area contributed by atoms with Gasteiger partial charge in [-0.15, -0.1) is 0 Å². The molecule has 1 saturated carbocycles. The van der Waals surface area contributed by atoms with Crippen molar-refractivity contribution in [1.29, 1.82) is 0 Å². The van der Waals surface area contributed by atoms with E-state index in [-0.39, 0.29) is 43.0 Å². The number of pyridine rings is 1. The summed E-state index contributed by atoms with van der Waals surface area (Å²) in [6.07, 6.45) is 3.46. The van der Waals surface area contributed by atoms with Crippen LogP contribution in [0.3, 0.4) is 0 Å². The number of hydrogen-bond acceptors (Lipinski definition) is 10. The molecule has 2 aromatic rings. The van der Waals surface area contributed by atoms with Gasteiger partial charge in [0.05, 0.1) is 28.2 Å². The quantitative estimate of drug-likeness (QED) is 0.215. The molecule has 2 fully saturated rings. The Hall–Kier alpha value is -3.58. The number of anilines is 1. The lowest BCUT2D eigenvalue weighted by molar-refractivity contribution is -0.143. The van der Waals surface area contributed by atoms with Crippen LogP contribution in [0.15, 0.2) is 18.3 Å². The van der Waals surface area contributed by atoms with Gasteiger partial charge in [0.1, 0.15) is 18.2 Å². The molecule has 3 amide bonds. The minimum atomic E-state index is -1.03. The molecular weight excluding hydrogens is 620 g/mol. The molecule has 14 heteroatoms. The Bertz CT molecular complexity index is 1440. The van der Waals surface area contributed by atoms with Gasteiger partial charge in [0, 0.05) is 31.6 Å². The molecule has 3 heterocycles. The van der Waals surface area contributed by atoms with Gasteiger partial charge in [-0.1, -0.05) is 57.1 Å². The number of aryl methyl sites for hydroxylation is 1. The second kappa shape index (κ2) is 14.2. The van der Waals surface area contributed by atoms with Crippen LogP contribution in [0.1, 0.15) is 82.1 Å². The standard InChI is InChI=1S/C31H41ClN6O6S/c1-7-8-21(24(40)28(42)35-19-10-11-19)36-27(41)22-13-20(44-23-12-9-18(32)14-33-23)15-38(22)29(43)26(31(4,5)6)37-30-34-16(2)25(45-30)17(3)39/h9,12,14,19-22,26H,7-8,10-11,13,15H2,1-6H3,(H,34,37)(H,35,42)(H,36,41)/t20-,21?,22-,26+/m0/s1. The minimum Gasteiger partial charge on any atom is -0.472 e. The van der Waals surface area contributed by atoms with E-state index >= 15 is 0 Å². The van der Waals surface area contributed by atoms with Crippen LogP contribution < -0.4 is 20.7 Å². The number of amides is 3. The lowest BCUT2D eigenvalue weighted by Crippen LogP contribution is -2.56. The van der Waals surface area contributed by atoms with E-state index < -0.39 is 47.2 Å². The van der Waals surface area contributed by atoms with E-state index in [2.05, 4.69) is 25.9 Å². The maximum absolute atomic E-state index is 14.3. The molecule has 1 aliphatic heterocycles. The van der Waals surface area contributed by atoms with E-state index in [0.717, 1.165) is 12.8 Å². The molecule has 0 spiro atoms. The number of thiazole rings is 1. The molecule has 2 aromatic heterocycles. The average molecular weight is 661 g/mol. The molecule has 244 valence electrons. The first-order chi connectivity index (χ1) is 21.2. The smallest absolute Gasteiger partial charge is 0.289 e. The Morgan fingerprint density at radius 1 is 1.18 bits per heavy atom. The summed E-state index contributed by atoms with van der Waals surface area (Å²) in [6.45, 7) is 10.8. The number of ether oxygens (including phenoxy) is 1. The summed E-state index contributed by atoms with van der Waals surface area (Å²) in [6, 6.07) is 0.374. The van der Waals surface area contributed by atoms with Crippen LogP contribution in [0.2, 0.25) is 5.02 Å². The van der Waals surface area contributed by atoms with Crippen LogP contribution in [0, 0.1) is 12.3 Å². The number of aromatic nitrogens is 2. The molecular formula is C31H41ClN6O6S. The maximum atomic E-state index is 14.3. The van der Waals surface area contributed by atoms with Crippen molar-refractivity contribution in [3.63, 3.8) is 0 Å². The van der Waals surface area contributed by atoms with E-state index in [1.165, 1.54) is 29.4 Å². The zero-order valence-electron chi connectivity index (χ0n) is 26.4. The summed E-state index contributed by atoms with van der Waals surface area (Å²) in [5, 5.41) is 9.52. The molecule has 0 aromatic carbocycles. The van der Waals surface area contributed by atoms with Crippen molar-refractivity contribution >= 4 is 57.4 Å². The Labute approximate surface area is 272 Å². The highest BCUT2D eigenvalue weighted by molar-refractivity contribution is 7.17. The monoisotopic (exact) mass is 660 g/mol. The highest BCUT2D eigenvalue weighted by atomic mass is 35.5. The molecule has 2 aliphatic rings. The summed E-state index contributed by atoms with van der Waals surface area (Å²) in [4.78, 5) is 76.4. The third-order valence-electron chi connectivity index (χ3n) is 7.68. The normalized spacial score (nSPS) is 19.4. The van der Waals surface area contributed by atoms with Crippen molar-refractivity contribution in [2.24, 2.45) is 5.41 Å². The van der Waals surface area contributed by atoms with Crippen molar-refractivity contribution in [3.05, 3.63) is 33.9 Å². The lowest BCUT2D eigenvalue weighted by Gasteiger charge is -2.35. The van der Waals surface area contributed by atoms with Crippen molar-refractivity contribution in [2.45, 2.75) is 104 Å². The molecule has 0 radical (unpaired) electrons. The number of likely N-dealkylation sites (tertiary alicyclic amines) is 1. The van der Waals surface area contributed by atoms with E-state index in [4.69, 9.17) is 16.3 Å². The molecule has 4 atom stereocenters. The first-order valence-electron chi connectivity index (χ1n) is 15.2. The number of nitrogens with one attached hydrogen (secondary N) is 3. The highest BCUT2D eigenvalue weighted by Gasteiger charge is 2.46. The first-order valence-corrected chi connectivity index (χ1v) is 16.4. The van der Waals surface area contributed by atoms with Gasteiger partial charge in [0.2, 0.25) is 23.5 Å². The number of carbonyl (C=O) groups is 5. The van der Waals surface area contributed by atoms with Crippen molar-refractivity contribution in [1.82, 2.24) is 25.5 Å². The average Bonchev–Trinajstić information content (AvgIpc) is 3.55. The lowest BCUT2D eigenvalue weighted by atomic mass is 9.85. The predicted molar refractivity (Wildman–Crippen MR) is 171 cm³/mol. The largest absolute Gasteiger partial charge is 0.472 e. The zero-order chi connectivity index (χ0) is 33.1. The Morgan fingerprint density at radius 3 is 2.44 bits per heavy atom. The van der Waals surface area contributed by atoms with Gasteiger partial charge >= 0.3 is 0 Å². The van der Waals surface area contributed by atoms with Gasteiger partial charge in [0.25, 0.3) is 5.91 Å². The molecule has 45 heavy (non-hydrogen) atoms. The zero-order valence-corrected chi connectivity index (χ0v) is 28.0. The molecule has 3 N–H and O–H groups in total. The molecule has 12 nitrogen and oxygen atoms in total. The van der Waals surface area contributed by atoms with E-state index in [1.807, 2.05) is 27.7 Å². The van der Waals surface area contributed by atoms with Gasteiger partial charge in [-0.25, -0.2) is 9.97 Å².